The van der Waals surface area contributed by atoms with Gasteiger partial charge in [-0.25, -0.2) is 9.50 Å². The molecule has 2 atom stereocenters. The van der Waals surface area contributed by atoms with Crippen LogP contribution in [0.4, 0.5) is 0 Å². The Labute approximate surface area is 175 Å². The fourth-order valence-corrected chi connectivity index (χ4v) is 3.86. The summed E-state index contributed by atoms with van der Waals surface area (Å²) < 4.78 is 1.76. The van der Waals surface area contributed by atoms with Gasteiger partial charge in [0.1, 0.15) is 0 Å². The van der Waals surface area contributed by atoms with Crippen LogP contribution in [0.1, 0.15) is 17.4 Å². The topological polar surface area (TPSA) is 62.5 Å². The summed E-state index contributed by atoms with van der Waals surface area (Å²) in [4.78, 5) is 19.8. The summed E-state index contributed by atoms with van der Waals surface area (Å²) in [7, 11) is 2.05. The Kier molecular flexibility index (Phi) is 4.56. The van der Waals surface area contributed by atoms with Crippen LogP contribution in [0, 0.1) is 0 Å². The first-order valence-corrected chi connectivity index (χ1v) is 10.1. The van der Waals surface area contributed by atoms with Crippen molar-refractivity contribution >= 4 is 11.6 Å². The fraction of sp³-hybridized carbons (Fsp3) is 0.208. The molecule has 150 valence electrons. The number of carbonyl (C=O) groups is 1. The number of nitrogens with zero attached hydrogens (tertiary/aromatic N) is 4. The molecular formula is C24H23N5O. The van der Waals surface area contributed by atoms with Crippen LogP contribution in [0.2, 0.25) is 0 Å². The van der Waals surface area contributed by atoms with E-state index in [1.54, 1.807) is 10.6 Å². The van der Waals surface area contributed by atoms with Crippen molar-refractivity contribution in [1.29, 1.82) is 0 Å². The van der Waals surface area contributed by atoms with Gasteiger partial charge in [-0.05, 0) is 20.0 Å². The van der Waals surface area contributed by atoms with Gasteiger partial charge < -0.3 is 5.32 Å². The molecule has 0 aliphatic carbocycles. The quantitative estimate of drug-likeness (QED) is 0.573. The van der Waals surface area contributed by atoms with Crippen molar-refractivity contribution in [3.05, 3.63) is 78.5 Å². The highest BCUT2D eigenvalue weighted by molar-refractivity contribution is 5.94. The predicted molar refractivity (Wildman–Crippen MR) is 117 cm³/mol. The van der Waals surface area contributed by atoms with E-state index in [0.29, 0.717) is 17.4 Å². The number of nitrogens with one attached hydrogen (secondary N) is 1. The SMILES string of the molecule is CC1C(NC(=O)c2cc3nc(-c4ccccc4)cc(-c4ccccc4)n3n2)CN1C. The normalized spacial score (nSPS) is 18.9. The van der Waals surface area contributed by atoms with Crippen LogP contribution in [0.15, 0.2) is 72.8 Å². The maximum atomic E-state index is 12.8. The number of benzene rings is 2. The molecule has 0 spiro atoms. The van der Waals surface area contributed by atoms with Gasteiger partial charge >= 0.3 is 0 Å². The van der Waals surface area contributed by atoms with Crippen molar-refractivity contribution in [2.75, 3.05) is 13.6 Å². The third-order valence-corrected chi connectivity index (χ3v) is 5.88. The summed E-state index contributed by atoms with van der Waals surface area (Å²) in [5.41, 5.74) is 4.83. The van der Waals surface area contributed by atoms with Crippen LogP contribution in [0.25, 0.3) is 28.2 Å². The Morgan fingerprint density at radius 3 is 2.30 bits per heavy atom. The highest BCUT2D eigenvalue weighted by Crippen LogP contribution is 2.26. The molecular weight excluding hydrogens is 374 g/mol. The molecule has 0 saturated carbocycles. The first kappa shape index (κ1) is 18.5. The summed E-state index contributed by atoms with van der Waals surface area (Å²) in [6.45, 7) is 2.96. The lowest BCUT2D eigenvalue weighted by molar-refractivity contribution is 0.0658. The van der Waals surface area contributed by atoms with Gasteiger partial charge in [0, 0.05) is 29.8 Å². The van der Waals surface area contributed by atoms with E-state index < -0.39 is 0 Å². The summed E-state index contributed by atoms with van der Waals surface area (Å²) >= 11 is 0. The molecule has 4 aromatic rings. The van der Waals surface area contributed by atoms with Gasteiger partial charge in [0.25, 0.3) is 5.91 Å². The third-order valence-electron chi connectivity index (χ3n) is 5.88. The number of likely N-dealkylation sites (tertiary alicyclic amines) is 1. The average molecular weight is 397 g/mol. The van der Waals surface area contributed by atoms with Crippen LogP contribution in [0.5, 0.6) is 0 Å². The molecule has 1 N–H and O–H groups in total. The second kappa shape index (κ2) is 7.39. The molecule has 0 bridgehead atoms. The molecule has 5 rings (SSSR count). The van der Waals surface area contributed by atoms with Gasteiger partial charge in [0.2, 0.25) is 0 Å². The molecule has 0 radical (unpaired) electrons. The molecule has 6 nitrogen and oxygen atoms in total. The summed E-state index contributed by atoms with van der Waals surface area (Å²) in [6, 6.07) is 24.4. The van der Waals surface area contributed by atoms with Crippen LogP contribution < -0.4 is 5.32 Å². The van der Waals surface area contributed by atoms with Crippen molar-refractivity contribution in [1.82, 2.24) is 24.8 Å². The fourth-order valence-electron chi connectivity index (χ4n) is 3.86. The molecule has 1 aliphatic rings. The largest absolute Gasteiger partial charge is 0.345 e. The van der Waals surface area contributed by atoms with Gasteiger partial charge in [-0.1, -0.05) is 60.7 Å². The smallest absolute Gasteiger partial charge is 0.272 e. The minimum Gasteiger partial charge on any atom is -0.345 e. The Hall–Kier alpha value is -3.51. The van der Waals surface area contributed by atoms with Crippen LogP contribution in [-0.2, 0) is 0 Å². The lowest BCUT2D eigenvalue weighted by Crippen LogP contribution is -2.63. The van der Waals surface area contributed by atoms with Gasteiger partial charge in [0.15, 0.2) is 11.3 Å². The van der Waals surface area contributed by atoms with Crippen molar-refractivity contribution in [2.45, 2.75) is 19.0 Å². The van der Waals surface area contributed by atoms with Gasteiger partial charge in [-0.15, -0.1) is 0 Å². The first-order valence-electron chi connectivity index (χ1n) is 10.1. The van der Waals surface area contributed by atoms with E-state index in [1.807, 2.05) is 66.7 Å². The maximum absolute atomic E-state index is 12.8. The Bertz CT molecular complexity index is 1200. The van der Waals surface area contributed by atoms with E-state index in [2.05, 4.69) is 29.3 Å². The van der Waals surface area contributed by atoms with Crippen molar-refractivity contribution in [3.63, 3.8) is 0 Å². The number of hydrogen-bond acceptors (Lipinski definition) is 4. The highest BCUT2D eigenvalue weighted by Gasteiger charge is 2.34. The molecule has 3 heterocycles. The zero-order valence-electron chi connectivity index (χ0n) is 17.0. The molecule has 30 heavy (non-hydrogen) atoms. The lowest BCUT2D eigenvalue weighted by Gasteiger charge is -2.44. The van der Waals surface area contributed by atoms with Crippen molar-refractivity contribution < 1.29 is 4.79 Å². The minimum atomic E-state index is -0.161. The number of rotatable bonds is 4. The maximum Gasteiger partial charge on any atom is 0.272 e. The minimum absolute atomic E-state index is 0.147. The summed E-state index contributed by atoms with van der Waals surface area (Å²) in [6.07, 6.45) is 0. The zero-order valence-corrected chi connectivity index (χ0v) is 17.0. The van der Waals surface area contributed by atoms with Gasteiger partial charge in [0.05, 0.1) is 17.4 Å². The number of fused-ring (bicyclic) bond motifs is 1. The van der Waals surface area contributed by atoms with Crippen LogP contribution >= 0.6 is 0 Å². The highest BCUT2D eigenvalue weighted by atomic mass is 16.2. The van der Waals surface area contributed by atoms with Crippen LogP contribution in [0.3, 0.4) is 0 Å². The molecule has 2 aromatic carbocycles. The number of aromatic nitrogens is 3. The second-order valence-electron chi connectivity index (χ2n) is 7.82. The lowest BCUT2D eigenvalue weighted by atomic mass is 9.99. The average Bonchev–Trinajstić information content (AvgIpc) is 3.23. The number of amides is 1. The molecule has 2 unspecified atom stereocenters. The number of hydrogen-bond donors (Lipinski definition) is 1. The molecule has 1 fully saturated rings. The molecule has 6 heteroatoms. The zero-order chi connectivity index (χ0) is 20.7. The summed E-state index contributed by atoms with van der Waals surface area (Å²) in [5, 5.41) is 7.70. The van der Waals surface area contributed by atoms with E-state index in [1.165, 1.54) is 0 Å². The summed E-state index contributed by atoms with van der Waals surface area (Å²) in [5.74, 6) is -0.161. The first-order chi connectivity index (χ1) is 14.6. The Morgan fingerprint density at radius 2 is 1.67 bits per heavy atom. The second-order valence-corrected chi connectivity index (χ2v) is 7.82. The van der Waals surface area contributed by atoms with E-state index in [4.69, 9.17) is 4.98 Å². The van der Waals surface area contributed by atoms with Crippen molar-refractivity contribution in [2.24, 2.45) is 0 Å². The van der Waals surface area contributed by atoms with E-state index >= 15 is 0 Å². The molecule has 1 saturated heterocycles. The van der Waals surface area contributed by atoms with E-state index in [0.717, 1.165) is 29.1 Å². The molecule has 2 aromatic heterocycles. The van der Waals surface area contributed by atoms with Gasteiger partial charge in [-0.2, -0.15) is 5.10 Å². The molecule has 1 aliphatic heterocycles. The van der Waals surface area contributed by atoms with Crippen molar-refractivity contribution in [3.8, 4) is 22.5 Å². The standard InChI is InChI=1S/C24H23N5O/c1-16-21(15-28(16)2)26-24(30)20-14-23-25-19(17-9-5-3-6-10-17)13-22(29(23)27-20)18-11-7-4-8-12-18/h3-14,16,21H,15H2,1-2H3,(H,26,30). The predicted octanol–water partition coefficient (Wildman–Crippen LogP) is 3.50. The monoisotopic (exact) mass is 397 g/mol. The Balaban J connectivity index is 1.58. The van der Waals surface area contributed by atoms with E-state index in [9.17, 15) is 4.79 Å². The van der Waals surface area contributed by atoms with Crippen LogP contribution in [-0.4, -0.2) is 51.1 Å². The molecule has 1 amide bonds. The van der Waals surface area contributed by atoms with Gasteiger partial charge in [-0.3, -0.25) is 9.69 Å². The number of likely N-dealkylation sites (N-methyl/N-ethyl adjacent to an activating group) is 1. The van der Waals surface area contributed by atoms with E-state index in [-0.39, 0.29) is 11.9 Å². The Morgan fingerprint density at radius 1 is 1.00 bits per heavy atom. The third kappa shape index (κ3) is 3.25. The number of carbonyl (C=O) groups excluding carboxylic acids is 1.